The summed E-state index contributed by atoms with van der Waals surface area (Å²) in [4.78, 5) is 2.40. The summed E-state index contributed by atoms with van der Waals surface area (Å²) in [6, 6.07) is 3.08. The maximum Gasteiger partial charge on any atom is 0.134 e. The minimum atomic E-state index is -0.669. The number of halogens is 2. The van der Waals surface area contributed by atoms with Gasteiger partial charge in [0.05, 0.1) is 12.8 Å². The third-order valence-corrected chi connectivity index (χ3v) is 3.99. The van der Waals surface area contributed by atoms with Crippen LogP contribution in [0.5, 0.6) is 5.75 Å². The lowest BCUT2D eigenvalue weighted by atomic mass is 10.3. The summed E-state index contributed by atoms with van der Waals surface area (Å²) in [5, 5.41) is 8.08. The van der Waals surface area contributed by atoms with Crippen LogP contribution in [0.1, 0.15) is 18.5 Å². The molecule has 0 spiro atoms. The van der Waals surface area contributed by atoms with Crippen LogP contribution in [0.15, 0.2) is 24.4 Å². The number of ether oxygens (including phenoxy) is 2. The van der Waals surface area contributed by atoms with Crippen LogP contribution in [0, 0.1) is 11.6 Å². The average molecular weight is 352 g/mol. The molecule has 0 N–H and O–H groups in total. The Morgan fingerprint density at radius 1 is 1.08 bits per heavy atom. The minimum Gasteiger partial charge on any atom is -0.487 e. The zero-order chi connectivity index (χ0) is 17.5. The van der Waals surface area contributed by atoms with Gasteiger partial charge >= 0.3 is 0 Å². The molecule has 2 heterocycles. The topological polar surface area (TPSA) is 52.4 Å². The first-order valence-electron chi connectivity index (χ1n) is 8.47. The number of hydrogen-bond donors (Lipinski definition) is 0. The van der Waals surface area contributed by atoms with Gasteiger partial charge in [0.25, 0.3) is 0 Å². The molecule has 1 aromatic carbocycles. The second-order valence-electron chi connectivity index (χ2n) is 6.03. The summed E-state index contributed by atoms with van der Waals surface area (Å²) >= 11 is 0. The maximum atomic E-state index is 13.1. The molecule has 3 rings (SSSR count). The lowest BCUT2D eigenvalue weighted by molar-refractivity contribution is 0.141. The fourth-order valence-corrected chi connectivity index (χ4v) is 2.76. The van der Waals surface area contributed by atoms with E-state index in [0.717, 1.165) is 70.4 Å². The summed E-state index contributed by atoms with van der Waals surface area (Å²) in [5.41, 5.74) is 0.618. The Morgan fingerprint density at radius 3 is 2.76 bits per heavy atom. The van der Waals surface area contributed by atoms with E-state index >= 15 is 0 Å². The number of hydrogen-bond acceptors (Lipinski definition) is 5. The SMILES string of the molecule is Fc1cc(F)cc(OCc2cn(CCCN3CCCOCC3)nn2)c1. The Balaban J connectivity index is 1.42. The van der Waals surface area contributed by atoms with E-state index in [1.807, 2.05) is 0 Å². The van der Waals surface area contributed by atoms with Crippen molar-refractivity contribution < 1.29 is 18.3 Å². The molecule has 0 bridgehead atoms. The van der Waals surface area contributed by atoms with Gasteiger partial charge in [0, 0.05) is 44.4 Å². The zero-order valence-corrected chi connectivity index (χ0v) is 14.0. The minimum absolute atomic E-state index is 0.117. The molecule has 1 saturated heterocycles. The van der Waals surface area contributed by atoms with Gasteiger partial charge in [-0.2, -0.15) is 0 Å². The molecule has 0 aliphatic carbocycles. The van der Waals surface area contributed by atoms with Crippen LogP contribution in [-0.2, 0) is 17.9 Å². The summed E-state index contributed by atoms with van der Waals surface area (Å²) < 4.78 is 38.8. The van der Waals surface area contributed by atoms with Gasteiger partial charge in [-0.15, -0.1) is 5.10 Å². The van der Waals surface area contributed by atoms with Crippen LogP contribution in [0.3, 0.4) is 0 Å². The lowest BCUT2D eigenvalue weighted by Crippen LogP contribution is -2.28. The molecule has 0 radical (unpaired) electrons. The van der Waals surface area contributed by atoms with Crippen molar-refractivity contribution in [1.82, 2.24) is 19.9 Å². The highest BCUT2D eigenvalue weighted by molar-refractivity contribution is 5.23. The Bertz CT molecular complexity index is 652. The van der Waals surface area contributed by atoms with Crippen LogP contribution in [-0.4, -0.2) is 52.7 Å². The number of rotatable bonds is 7. The van der Waals surface area contributed by atoms with Crippen LogP contribution in [0.2, 0.25) is 0 Å². The fraction of sp³-hybridized carbons (Fsp3) is 0.529. The Labute approximate surface area is 145 Å². The van der Waals surface area contributed by atoms with Gasteiger partial charge in [-0.1, -0.05) is 5.21 Å². The Morgan fingerprint density at radius 2 is 1.92 bits per heavy atom. The predicted octanol–water partition coefficient (Wildman–Crippen LogP) is 2.25. The van der Waals surface area contributed by atoms with Crippen molar-refractivity contribution in [3.05, 3.63) is 41.7 Å². The molecular formula is C17H22F2N4O2. The van der Waals surface area contributed by atoms with Gasteiger partial charge < -0.3 is 14.4 Å². The highest BCUT2D eigenvalue weighted by Gasteiger charge is 2.09. The average Bonchev–Trinajstić information content (AvgIpc) is 2.86. The van der Waals surface area contributed by atoms with Crippen molar-refractivity contribution in [2.45, 2.75) is 26.0 Å². The summed E-state index contributed by atoms with van der Waals surface area (Å²) in [7, 11) is 0. The van der Waals surface area contributed by atoms with Crippen LogP contribution < -0.4 is 4.74 Å². The van der Waals surface area contributed by atoms with Crippen LogP contribution in [0.4, 0.5) is 8.78 Å². The second kappa shape index (κ2) is 8.87. The molecule has 0 unspecified atom stereocenters. The van der Waals surface area contributed by atoms with Crippen molar-refractivity contribution in [2.24, 2.45) is 0 Å². The van der Waals surface area contributed by atoms with E-state index in [2.05, 4.69) is 15.2 Å². The highest BCUT2D eigenvalue weighted by Crippen LogP contribution is 2.16. The monoisotopic (exact) mass is 352 g/mol. The van der Waals surface area contributed by atoms with E-state index in [0.29, 0.717) is 5.69 Å². The third-order valence-electron chi connectivity index (χ3n) is 3.99. The normalized spacial score (nSPS) is 15.9. The van der Waals surface area contributed by atoms with Crippen molar-refractivity contribution in [2.75, 3.05) is 32.8 Å². The molecule has 25 heavy (non-hydrogen) atoms. The molecule has 2 aromatic rings. The molecule has 136 valence electrons. The molecule has 0 saturated carbocycles. The van der Waals surface area contributed by atoms with Gasteiger partial charge in [-0.3, -0.25) is 4.68 Å². The van der Waals surface area contributed by atoms with Gasteiger partial charge in [0.15, 0.2) is 0 Å². The molecule has 0 amide bonds. The smallest absolute Gasteiger partial charge is 0.134 e. The quantitative estimate of drug-likeness (QED) is 0.765. The molecule has 0 atom stereocenters. The van der Waals surface area contributed by atoms with Crippen molar-refractivity contribution in [1.29, 1.82) is 0 Å². The Kier molecular flexibility index (Phi) is 6.30. The molecule has 1 fully saturated rings. The van der Waals surface area contributed by atoms with E-state index < -0.39 is 11.6 Å². The number of aromatic nitrogens is 3. The van der Waals surface area contributed by atoms with E-state index in [1.165, 1.54) is 0 Å². The first kappa shape index (κ1) is 17.8. The lowest BCUT2D eigenvalue weighted by Gasteiger charge is -2.18. The second-order valence-corrected chi connectivity index (χ2v) is 6.03. The van der Waals surface area contributed by atoms with Gasteiger partial charge in [-0.25, -0.2) is 8.78 Å². The molecule has 1 aliphatic rings. The van der Waals surface area contributed by atoms with Crippen molar-refractivity contribution in [3.8, 4) is 5.75 Å². The maximum absolute atomic E-state index is 13.1. The molecule has 1 aliphatic heterocycles. The molecule has 1 aromatic heterocycles. The highest BCUT2D eigenvalue weighted by atomic mass is 19.1. The largest absolute Gasteiger partial charge is 0.487 e. The van der Waals surface area contributed by atoms with Crippen molar-refractivity contribution >= 4 is 0 Å². The molecule has 8 heteroatoms. The van der Waals surface area contributed by atoms with Gasteiger partial charge in [0.1, 0.15) is 29.7 Å². The Hall–Kier alpha value is -2.06. The number of benzene rings is 1. The van der Waals surface area contributed by atoms with Gasteiger partial charge in [0.2, 0.25) is 0 Å². The first-order valence-corrected chi connectivity index (χ1v) is 8.47. The van der Waals surface area contributed by atoms with E-state index in [-0.39, 0.29) is 12.4 Å². The van der Waals surface area contributed by atoms with Gasteiger partial charge in [-0.05, 0) is 19.4 Å². The zero-order valence-electron chi connectivity index (χ0n) is 14.0. The fourth-order valence-electron chi connectivity index (χ4n) is 2.76. The summed E-state index contributed by atoms with van der Waals surface area (Å²) in [5.74, 6) is -1.20. The van der Waals surface area contributed by atoms with E-state index in [1.54, 1.807) is 10.9 Å². The third kappa shape index (κ3) is 5.75. The van der Waals surface area contributed by atoms with E-state index in [9.17, 15) is 8.78 Å². The number of aryl methyl sites for hydroxylation is 1. The molecular weight excluding hydrogens is 330 g/mol. The van der Waals surface area contributed by atoms with Crippen molar-refractivity contribution in [3.63, 3.8) is 0 Å². The van der Waals surface area contributed by atoms with Crippen LogP contribution >= 0.6 is 0 Å². The van der Waals surface area contributed by atoms with Crippen LogP contribution in [0.25, 0.3) is 0 Å². The summed E-state index contributed by atoms with van der Waals surface area (Å²) in [6.07, 6.45) is 3.84. The first-order chi connectivity index (χ1) is 12.2. The number of nitrogens with zero attached hydrogens (tertiary/aromatic N) is 4. The molecule has 6 nitrogen and oxygen atoms in total. The standard InChI is InChI=1S/C17H22F2N4O2/c18-14-9-15(19)11-17(10-14)25-13-16-12-23(21-20-16)5-1-3-22-4-2-7-24-8-6-22/h9-12H,1-8,13H2. The predicted molar refractivity (Wildman–Crippen MR) is 87.2 cm³/mol. The summed E-state index contributed by atoms with van der Waals surface area (Å²) in [6.45, 7) is 5.56. The van der Waals surface area contributed by atoms with E-state index in [4.69, 9.17) is 9.47 Å².